The first-order valence-electron chi connectivity index (χ1n) is 7.85. The van der Waals surface area contributed by atoms with Gasteiger partial charge in [0.25, 0.3) is 0 Å². The lowest BCUT2D eigenvalue weighted by atomic mass is 10.1. The van der Waals surface area contributed by atoms with Crippen molar-refractivity contribution < 1.29 is 0 Å². The minimum absolute atomic E-state index is 0.802. The lowest BCUT2D eigenvalue weighted by Gasteiger charge is -2.15. The maximum atomic E-state index is 3.51. The highest BCUT2D eigenvalue weighted by atomic mass is 15.0. The van der Waals surface area contributed by atoms with Gasteiger partial charge in [0, 0.05) is 18.3 Å². The Balaban J connectivity index is 1.75. The lowest BCUT2D eigenvalue weighted by Crippen LogP contribution is -2.03. The summed E-state index contributed by atoms with van der Waals surface area (Å²) in [5, 5.41) is 6.98. The van der Waals surface area contributed by atoms with Crippen LogP contribution in [0.3, 0.4) is 0 Å². The second-order valence-electron chi connectivity index (χ2n) is 5.74. The van der Waals surface area contributed by atoms with Crippen molar-refractivity contribution >= 4 is 17.1 Å². The van der Waals surface area contributed by atoms with Crippen molar-refractivity contribution in [2.75, 3.05) is 10.6 Å². The number of rotatable bonds is 5. The zero-order valence-corrected chi connectivity index (χ0v) is 13.6. The Morgan fingerprint density at radius 1 is 0.826 bits per heavy atom. The number of hydrogen-bond donors (Lipinski definition) is 2. The Hall–Kier alpha value is -2.74. The lowest BCUT2D eigenvalue weighted by molar-refractivity contribution is 1.14. The third-order valence-corrected chi connectivity index (χ3v) is 3.85. The predicted molar refractivity (Wildman–Crippen MR) is 98.2 cm³/mol. The van der Waals surface area contributed by atoms with Crippen LogP contribution < -0.4 is 10.6 Å². The van der Waals surface area contributed by atoms with Gasteiger partial charge in [-0.25, -0.2) is 0 Å². The van der Waals surface area contributed by atoms with Crippen molar-refractivity contribution in [3.63, 3.8) is 0 Å². The van der Waals surface area contributed by atoms with E-state index in [9.17, 15) is 0 Å². The van der Waals surface area contributed by atoms with E-state index >= 15 is 0 Å². The smallest absolute Gasteiger partial charge is 0.0620 e. The van der Waals surface area contributed by atoms with E-state index in [1.54, 1.807) is 0 Å². The molecular formula is C21H21N2. The molecule has 0 amide bonds. The maximum Gasteiger partial charge on any atom is 0.0620 e. The molecule has 0 fully saturated rings. The molecule has 0 saturated carbocycles. The minimum Gasteiger partial charge on any atom is -0.379 e. The van der Waals surface area contributed by atoms with Gasteiger partial charge in [0.15, 0.2) is 0 Å². The van der Waals surface area contributed by atoms with Crippen LogP contribution in [0.4, 0.5) is 17.1 Å². The van der Waals surface area contributed by atoms with E-state index in [4.69, 9.17) is 0 Å². The highest BCUT2D eigenvalue weighted by Gasteiger charge is 2.04. The predicted octanol–water partition coefficient (Wildman–Crippen LogP) is 5.46. The van der Waals surface area contributed by atoms with Gasteiger partial charge in [-0.05, 0) is 37.1 Å². The second kappa shape index (κ2) is 7.01. The molecule has 0 aliphatic carbocycles. The van der Waals surface area contributed by atoms with E-state index < -0.39 is 0 Å². The molecular weight excluding hydrogens is 280 g/mol. The number of para-hydroxylation sites is 3. The molecule has 3 aromatic rings. The molecule has 115 valence electrons. The second-order valence-corrected chi connectivity index (χ2v) is 5.74. The van der Waals surface area contributed by atoms with E-state index in [0.717, 1.165) is 23.6 Å². The summed E-state index contributed by atoms with van der Waals surface area (Å²) in [4.78, 5) is 0. The summed E-state index contributed by atoms with van der Waals surface area (Å²) in [5.74, 6) is 0. The summed E-state index contributed by atoms with van der Waals surface area (Å²) >= 11 is 0. The molecule has 1 radical (unpaired) electrons. The van der Waals surface area contributed by atoms with Crippen LogP contribution in [0.15, 0.2) is 66.7 Å². The minimum atomic E-state index is 0.802. The highest BCUT2D eigenvalue weighted by molar-refractivity contribution is 5.75. The van der Waals surface area contributed by atoms with Crippen LogP contribution in [-0.4, -0.2) is 0 Å². The first kappa shape index (κ1) is 15.2. The van der Waals surface area contributed by atoms with Gasteiger partial charge < -0.3 is 10.6 Å². The van der Waals surface area contributed by atoms with Crippen molar-refractivity contribution in [1.82, 2.24) is 0 Å². The van der Waals surface area contributed by atoms with Crippen LogP contribution in [0.25, 0.3) is 0 Å². The molecule has 2 nitrogen and oxygen atoms in total. The third-order valence-electron chi connectivity index (χ3n) is 3.85. The summed E-state index contributed by atoms with van der Waals surface area (Å²) in [6, 6.07) is 26.1. The average molecular weight is 301 g/mol. The quantitative estimate of drug-likeness (QED) is 0.654. The zero-order chi connectivity index (χ0) is 16.1. The van der Waals surface area contributed by atoms with Gasteiger partial charge >= 0.3 is 0 Å². The summed E-state index contributed by atoms with van der Waals surface area (Å²) in [6.45, 7) is 4.99. The number of aryl methyl sites for hydroxylation is 2. The Bertz CT molecular complexity index is 776. The Labute approximate surface area is 138 Å². The van der Waals surface area contributed by atoms with Gasteiger partial charge in [0.1, 0.15) is 0 Å². The first-order valence-corrected chi connectivity index (χ1v) is 7.85. The molecule has 0 aromatic heterocycles. The molecule has 2 N–H and O–H groups in total. The van der Waals surface area contributed by atoms with Gasteiger partial charge in [-0.15, -0.1) is 0 Å². The summed E-state index contributed by atoms with van der Waals surface area (Å²) < 4.78 is 0. The van der Waals surface area contributed by atoms with E-state index in [-0.39, 0.29) is 0 Å². The fourth-order valence-electron chi connectivity index (χ4n) is 2.44. The maximum absolute atomic E-state index is 3.51. The van der Waals surface area contributed by atoms with E-state index in [1.165, 1.54) is 16.7 Å². The molecule has 0 bridgehead atoms. The van der Waals surface area contributed by atoms with Crippen LogP contribution >= 0.6 is 0 Å². The molecule has 2 heteroatoms. The highest BCUT2D eigenvalue weighted by Crippen LogP contribution is 2.27. The molecule has 0 spiro atoms. The van der Waals surface area contributed by atoms with Crippen LogP contribution in [-0.2, 0) is 6.54 Å². The summed E-state index contributed by atoms with van der Waals surface area (Å²) in [6.07, 6.45) is 0. The molecule has 0 aliphatic rings. The molecule has 0 unspecified atom stereocenters. The first-order chi connectivity index (χ1) is 11.2. The van der Waals surface area contributed by atoms with Gasteiger partial charge in [0.05, 0.1) is 11.4 Å². The van der Waals surface area contributed by atoms with E-state index in [1.807, 2.05) is 24.3 Å². The average Bonchev–Trinajstić information content (AvgIpc) is 2.57. The number of hydrogen-bond acceptors (Lipinski definition) is 2. The molecule has 0 aliphatic heterocycles. The number of anilines is 3. The monoisotopic (exact) mass is 301 g/mol. The molecule has 0 atom stereocenters. The Kier molecular flexibility index (Phi) is 4.62. The Morgan fingerprint density at radius 2 is 1.57 bits per heavy atom. The Morgan fingerprint density at radius 3 is 2.30 bits per heavy atom. The SMILES string of the molecule is Cc1ccc(CNc2ccccc2Nc2[c]cccc2C)cc1. The van der Waals surface area contributed by atoms with Crippen molar-refractivity contribution in [3.8, 4) is 0 Å². The van der Waals surface area contributed by atoms with Gasteiger partial charge in [-0.1, -0.05) is 60.2 Å². The van der Waals surface area contributed by atoms with Crippen LogP contribution in [0, 0.1) is 19.9 Å². The van der Waals surface area contributed by atoms with Gasteiger partial charge in [0.2, 0.25) is 0 Å². The fraction of sp³-hybridized carbons (Fsp3) is 0.143. The van der Waals surface area contributed by atoms with Crippen LogP contribution in [0.5, 0.6) is 0 Å². The van der Waals surface area contributed by atoms with Crippen molar-refractivity contribution in [1.29, 1.82) is 0 Å². The van der Waals surface area contributed by atoms with E-state index in [2.05, 4.69) is 73.0 Å². The van der Waals surface area contributed by atoms with Gasteiger partial charge in [-0.2, -0.15) is 0 Å². The molecule has 0 heterocycles. The normalized spacial score (nSPS) is 10.3. The van der Waals surface area contributed by atoms with Crippen molar-refractivity contribution in [3.05, 3.63) is 89.5 Å². The topological polar surface area (TPSA) is 24.1 Å². The third kappa shape index (κ3) is 3.92. The summed E-state index contributed by atoms with van der Waals surface area (Å²) in [7, 11) is 0. The molecule has 3 rings (SSSR count). The van der Waals surface area contributed by atoms with Crippen LogP contribution in [0.2, 0.25) is 0 Å². The zero-order valence-electron chi connectivity index (χ0n) is 13.6. The fourth-order valence-corrected chi connectivity index (χ4v) is 2.44. The van der Waals surface area contributed by atoms with Crippen molar-refractivity contribution in [2.24, 2.45) is 0 Å². The molecule has 3 aromatic carbocycles. The van der Waals surface area contributed by atoms with Crippen LogP contribution in [0.1, 0.15) is 16.7 Å². The van der Waals surface area contributed by atoms with Crippen molar-refractivity contribution in [2.45, 2.75) is 20.4 Å². The molecule has 23 heavy (non-hydrogen) atoms. The summed E-state index contributed by atoms with van der Waals surface area (Å²) in [5.41, 5.74) is 6.89. The molecule has 0 saturated heterocycles. The number of nitrogens with one attached hydrogen (secondary N) is 2. The largest absolute Gasteiger partial charge is 0.379 e. The number of benzene rings is 3. The van der Waals surface area contributed by atoms with Gasteiger partial charge in [-0.3, -0.25) is 0 Å². The standard InChI is InChI=1S/C21H21N2/c1-16-11-13-18(14-12-16)15-22-20-9-5-6-10-21(20)23-19-8-4-3-7-17(19)2/h3-7,9-14,22-23H,15H2,1-2H3. The van der Waals surface area contributed by atoms with E-state index in [0.29, 0.717) is 0 Å².